The second-order valence-corrected chi connectivity index (χ2v) is 4.96. The third-order valence-corrected chi connectivity index (χ3v) is 3.29. The molecule has 0 fully saturated rings. The quantitative estimate of drug-likeness (QED) is 0.539. The maximum absolute atomic E-state index is 9.77. The number of aliphatic hydroxyl groups excluding tert-OH is 2. The van der Waals surface area contributed by atoms with Gasteiger partial charge in [0.1, 0.15) is 0 Å². The first kappa shape index (κ1) is 16.3. The predicted octanol–water partition coefficient (Wildman–Crippen LogP) is -0.830. The molecule has 2 unspecified atom stereocenters. The van der Waals surface area contributed by atoms with Crippen molar-refractivity contribution in [3.05, 3.63) is 0 Å². The molecule has 0 saturated heterocycles. The molecule has 2 N–H and O–H groups in total. The van der Waals surface area contributed by atoms with Crippen molar-refractivity contribution in [1.29, 1.82) is 0 Å². The van der Waals surface area contributed by atoms with Gasteiger partial charge in [0.15, 0.2) is 0 Å². The summed E-state index contributed by atoms with van der Waals surface area (Å²) in [5.41, 5.74) is 0. The van der Waals surface area contributed by atoms with Crippen LogP contribution in [0.1, 0.15) is 6.92 Å². The Morgan fingerprint density at radius 2 is 2.21 bits per heavy atom. The highest BCUT2D eigenvalue weighted by atomic mass is 32.2. The van der Waals surface area contributed by atoms with Crippen molar-refractivity contribution < 1.29 is 19.7 Å². The van der Waals surface area contributed by atoms with E-state index in [9.17, 15) is 5.11 Å². The molecule has 0 aliphatic carbocycles. The van der Waals surface area contributed by atoms with Crippen LogP contribution in [0.5, 0.6) is 0 Å². The Hall–Kier alpha value is -0.740. The third kappa shape index (κ3) is 6.30. The van der Waals surface area contributed by atoms with Gasteiger partial charge in [0.25, 0.3) is 0 Å². The highest BCUT2D eigenvalue weighted by Crippen LogP contribution is 2.14. The van der Waals surface area contributed by atoms with E-state index < -0.39 is 6.10 Å². The van der Waals surface area contributed by atoms with Gasteiger partial charge in [-0.2, -0.15) is 0 Å². The number of hydrogen-bond acceptors (Lipinski definition) is 8. The molecular weight excluding hydrogens is 272 g/mol. The largest absolute Gasteiger partial charge is 0.394 e. The van der Waals surface area contributed by atoms with Gasteiger partial charge in [0, 0.05) is 12.9 Å². The van der Waals surface area contributed by atoms with Crippen LogP contribution in [0.2, 0.25) is 0 Å². The van der Waals surface area contributed by atoms with Crippen LogP contribution in [0, 0.1) is 0 Å². The highest BCUT2D eigenvalue weighted by Gasteiger charge is 2.12. The Morgan fingerprint density at radius 1 is 1.42 bits per heavy atom. The van der Waals surface area contributed by atoms with Crippen LogP contribution in [0.25, 0.3) is 0 Å². The fraction of sp³-hybridized carbons (Fsp3) is 0.900. The molecule has 110 valence electrons. The lowest BCUT2D eigenvalue weighted by molar-refractivity contribution is -0.0257. The smallest absolute Gasteiger partial charge is 0.209 e. The van der Waals surface area contributed by atoms with Crippen molar-refractivity contribution in [2.75, 3.05) is 32.7 Å². The Bertz CT molecular complexity index is 352. The zero-order chi connectivity index (χ0) is 14.1. The number of nitrogens with zero attached hydrogens (tertiary/aromatic N) is 4. The van der Waals surface area contributed by atoms with E-state index >= 15 is 0 Å². The number of hydrogen-bond donors (Lipinski definition) is 2. The maximum Gasteiger partial charge on any atom is 0.209 e. The number of thioether (sulfide) groups is 1. The van der Waals surface area contributed by atoms with E-state index in [0.717, 1.165) is 0 Å². The summed E-state index contributed by atoms with van der Waals surface area (Å²) in [4.78, 5) is 0. The van der Waals surface area contributed by atoms with Crippen molar-refractivity contribution in [3.63, 3.8) is 0 Å². The number of rotatable bonds is 10. The Morgan fingerprint density at radius 3 is 2.89 bits per heavy atom. The third-order valence-electron chi connectivity index (χ3n) is 2.19. The lowest BCUT2D eigenvalue weighted by Crippen LogP contribution is -2.24. The molecule has 0 radical (unpaired) electrons. The van der Waals surface area contributed by atoms with E-state index in [1.54, 1.807) is 7.11 Å². The molecule has 9 heteroatoms. The Kier molecular flexibility index (Phi) is 7.91. The first-order chi connectivity index (χ1) is 9.17. The topological polar surface area (TPSA) is 103 Å². The van der Waals surface area contributed by atoms with Gasteiger partial charge in [0.2, 0.25) is 5.16 Å². The minimum Gasteiger partial charge on any atom is -0.394 e. The number of aliphatic hydroxyl groups is 2. The molecule has 1 aromatic rings. The van der Waals surface area contributed by atoms with E-state index in [0.29, 0.717) is 24.1 Å². The molecule has 0 aromatic carbocycles. The van der Waals surface area contributed by atoms with E-state index in [1.807, 2.05) is 6.92 Å². The summed E-state index contributed by atoms with van der Waals surface area (Å²) >= 11 is 1.32. The highest BCUT2D eigenvalue weighted by molar-refractivity contribution is 7.99. The van der Waals surface area contributed by atoms with Gasteiger partial charge in [-0.3, -0.25) is 0 Å². The minimum absolute atomic E-state index is 0.0290. The molecule has 0 aliphatic rings. The summed E-state index contributed by atoms with van der Waals surface area (Å²) in [6.45, 7) is 2.92. The van der Waals surface area contributed by atoms with Gasteiger partial charge in [-0.15, -0.1) is 5.10 Å². The van der Waals surface area contributed by atoms with Crippen LogP contribution in [-0.4, -0.2) is 75.3 Å². The zero-order valence-electron chi connectivity index (χ0n) is 11.1. The van der Waals surface area contributed by atoms with Crippen LogP contribution in [-0.2, 0) is 16.0 Å². The molecule has 0 bridgehead atoms. The molecule has 0 amide bonds. The standard InChI is InChI=1S/C10H20N4O4S/c1-8(5-17-2)18-6-9(16)7-19-10-11-12-13-14(10)3-4-15/h8-9,15-16H,3-7H2,1-2H3. The van der Waals surface area contributed by atoms with Crippen molar-refractivity contribution >= 4 is 11.8 Å². The average molecular weight is 292 g/mol. The molecule has 1 aromatic heterocycles. The minimum atomic E-state index is -0.608. The first-order valence-corrected chi connectivity index (χ1v) is 6.94. The van der Waals surface area contributed by atoms with Crippen LogP contribution in [0.3, 0.4) is 0 Å². The molecule has 8 nitrogen and oxygen atoms in total. The first-order valence-electron chi connectivity index (χ1n) is 5.95. The molecule has 0 spiro atoms. The van der Waals surface area contributed by atoms with Crippen molar-refractivity contribution in [1.82, 2.24) is 20.2 Å². The van der Waals surface area contributed by atoms with Gasteiger partial charge in [0.05, 0.1) is 38.6 Å². The van der Waals surface area contributed by atoms with Crippen molar-refractivity contribution in [2.45, 2.75) is 30.8 Å². The molecule has 1 rings (SSSR count). The van der Waals surface area contributed by atoms with Crippen molar-refractivity contribution in [3.8, 4) is 0 Å². The van der Waals surface area contributed by atoms with Gasteiger partial charge >= 0.3 is 0 Å². The van der Waals surface area contributed by atoms with Crippen LogP contribution < -0.4 is 0 Å². The molecule has 1 heterocycles. The van der Waals surface area contributed by atoms with Crippen molar-refractivity contribution in [2.24, 2.45) is 0 Å². The fourth-order valence-electron chi connectivity index (χ4n) is 1.31. The van der Waals surface area contributed by atoms with Crippen LogP contribution in [0.15, 0.2) is 5.16 Å². The SMILES string of the molecule is COCC(C)OCC(O)CSc1nnnn1CCO. The maximum atomic E-state index is 9.77. The number of tetrazole rings is 1. The molecule has 2 atom stereocenters. The van der Waals surface area contributed by atoms with Crippen LogP contribution in [0.4, 0.5) is 0 Å². The number of methoxy groups -OCH3 is 1. The fourth-order valence-corrected chi connectivity index (χ4v) is 2.12. The molecule has 0 saturated carbocycles. The summed E-state index contributed by atoms with van der Waals surface area (Å²) in [7, 11) is 1.60. The molecule has 0 aliphatic heterocycles. The van der Waals surface area contributed by atoms with Gasteiger partial charge in [-0.1, -0.05) is 11.8 Å². The van der Waals surface area contributed by atoms with E-state index in [-0.39, 0.29) is 19.3 Å². The number of aromatic nitrogens is 4. The monoisotopic (exact) mass is 292 g/mol. The predicted molar refractivity (Wildman–Crippen MR) is 68.9 cm³/mol. The van der Waals surface area contributed by atoms with Gasteiger partial charge in [-0.05, 0) is 17.4 Å². The average Bonchev–Trinajstić information content (AvgIpc) is 2.82. The normalized spacial score (nSPS) is 14.5. The van der Waals surface area contributed by atoms with E-state index in [1.165, 1.54) is 16.4 Å². The summed E-state index contributed by atoms with van der Waals surface area (Å²) < 4.78 is 11.8. The Labute approximate surface area is 116 Å². The molecule has 19 heavy (non-hydrogen) atoms. The lowest BCUT2D eigenvalue weighted by Gasteiger charge is -2.15. The van der Waals surface area contributed by atoms with E-state index in [4.69, 9.17) is 14.6 Å². The van der Waals surface area contributed by atoms with Gasteiger partial charge in [-0.25, -0.2) is 4.68 Å². The van der Waals surface area contributed by atoms with Gasteiger partial charge < -0.3 is 19.7 Å². The zero-order valence-corrected chi connectivity index (χ0v) is 11.9. The summed E-state index contributed by atoms with van der Waals surface area (Å²) in [5.74, 6) is 0.422. The molecular formula is C10H20N4O4S. The second-order valence-electron chi connectivity index (χ2n) is 3.97. The second kappa shape index (κ2) is 9.21. The van der Waals surface area contributed by atoms with Crippen LogP contribution >= 0.6 is 11.8 Å². The number of ether oxygens (including phenoxy) is 2. The van der Waals surface area contributed by atoms with E-state index in [2.05, 4.69) is 15.5 Å². The summed E-state index contributed by atoms with van der Waals surface area (Å²) in [6.07, 6.45) is -0.659. The summed E-state index contributed by atoms with van der Waals surface area (Å²) in [6, 6.07) is 0. The Balaban J connectivity index is 2.25. The summed E-state index contributed by atoms with van der Waals surface area (Å²) in [5, 5.41) is 30.2. The lowest BCUT2D eigenvalue weighted by atomic mass is 10.4.